The molecule has 1 aromatic carbocycles. The number of para-hydroxylation sites is 1. The fraction of sp³-hybridized carbons (Fsp3) is 0.433. The number of aromatic nitrogens is 2. The van der Waals surface area contributed by atoms with Crippen LogP contribution in [0, 0.1) is 5.41 Å². The van der Waals surface area contributed by atoms with E-state index in [1.165, 1.54) is 11.3 Å². The van der Waals surface area contributed by atoms with Crippen molar-refractivity contribution in [1.29, 1.82) is 0 Å². The maximum absolute atomic E-state index is 13.1. The SMILES string of the molecule is CC(C)N1CCC(NC(=O)Oc2cc3cccc(NC(=O)C(C)(C)C)c3n2Cc2cc(-c3ccc(Cl)s3)on2)CC1. The lowest BCUT2D eigenvalue weighted by Gasteiger charge is -2.34. The molecule has 41 heavy (non-hydrogen) atoms. The molecule has 0 radical (unpaired) electrons. The number of nitrogens with one attached hydrogen (secondary N) is 2. The third-order valence-corrected chi connectivity index (χ3v) is 8.53. The summed E-state index contributed by atoms with van der Waals surface area (Å²) in [5, 5.41) is 11.2. The van der Waals surface area contributed by atoms with Crippen molar-refractivity contribution in [2.75, 3.05) is 18.4 Å². The van der Waals surface area contributed by atoms with Crippen LogP contribution in [0.1, 0.15) is 53.2 Å². The molecule has 11 heteroatoms. The van der Waals surface area contributed by atoms with E-state index in [9.17, 15) is 9.59 Å². The van der Waals surface area contributed by atoms with E-state index in [1.54, 1.807) is 0 Å². The Morgan fingerprint density at radius 2 is 1.93 bits per heavy atom. The summed E-state index contributed by atoms with van der Waals surface area (Å²) in [6.07, 6.45) is 1.23. The molecule has 1 aliphatic rings. The van der Waals surface area contributed by atoms with Gasteiger partial charge in [0.25, 0.3) is 0 Å². The fourth-order valence-electron chi connectivity index (χ4n) is 4.91. The van der Waals surface area contributed by atoms with Gasteiger partial charge in [-0.1, -0.05) is 49.7 Å². The molecule has 5 rings (SSSR count). The molecule has 3 aromatic heterocycles. The monoisotopic (exact) mass is 597 g/mol. The van der Waals surface area contributed by atoms with Crippen molar-refractivity contribution >= 4 is 51.5 Å². The summed E-state index contributed by atoms with van der Waals surface area (Å²) in [5.74, 6) is 0.824. The second-order valence-corrected chi connectivity index (χ2v) is 13.5. The minimum absolute atomic E-state index is 0.0488. The molecule has 4 aromatic rings. The normalized spacial score (nSPS) is 15.0. The summed E-state index contributed by atoms with van der Waals surface area (Å²) in [6.45, 7) is 12.1. The summed E-state index contributed by atoms with van der Waals surface area (Å²) in [4.78, 5) is 29.3. The van der Waals surface area contributed by atoms with Gasteiger partial charge in [-0.2, -0.15) is 0 Å². The Morgan fingerprint density at radius 3 is 2.59 bits per heavy atom. The molecule has 2 N–H and O–H groups in total. The Labute approximate surface area is 248 Å². The maximum Gasteiger partial charge on any atom is 0.414 e. The topological polar surface area (TPSA) is 102 Å². The van der Waals surface area contributed by atoms with Crippen LogP contribution in [0.2, 0.25) is 4.34 Å². The molecule has 0 bridgehead atoms. The van der Waals surface area contributed by atoms with Crippen molar-refractivity contribution in [3.63, 3.8) is 0 Å². The first-order chi connectivity index (χ1) is 19.5. The van der Waals surface area contributed by atoms with Gasteiger partial charge in [-0.05, 0) is 44.9 Å². The van der Waals surface area contributed by atoms with Gasteiger partial charge in [0.1, 0.15) is 5.69 Å². The Hall–Kier alpha value is -3.34. The number of anilines is 1. The molecule has 0 saturated carbocycles. The Balaban J connectivity index is 1.44. The number of hydrogen-bond donors (Lipinski definition) is 2. The predicted molar refractivity (Wildman–Crippen MR) is 163 cm³/mol. The molecular formula is C30H36ClN5O4S. The summed E-state index contributed by atoms with van der Waals surface area (Å²) in [5.41, 5.74) is 1.38. The molecule has 218 valence electrons. The zero-order chi connectivity index (χ0) is 29.3. The van der Waals surface area contributed by atoms with Crippen molar-refractivity contribution in [3.8, 4) is 16.5 Å². The molecule has 1 fully saturated rings. The fourth-order valence-corrected chi connectivity index (χ4v) is 5.91. The third kappa shape index (κ3) is 6.77. The van der Waals surface area contributed by atoms with E-state index in [2.05, 4.69) is 34.5 Å². The van der Waals surface area contributed by atoms with Crippen LogP contribution in [0.15, 0.2) is 47.0 Å². The highest BCUT2D eigenvalue weighted by Gasteiger charge is 2.26. The number of hydrogen-bond acceptors (Lipinski definition) is 7. The van der Waals surface area contributed by atoms with Crippen molar-refractivity contribution in [3.05, 3.63) is 52.5 Å². The molecular weight excluding hydrogens is 562 g/mol. The summed E-state index contributed by atoms with van der Waals surface area (Å²) in [6, 6.07) is 13.5. The van der Waals surface area contributed by atoms with Crippen LogP contribution >= 0.6 is 22.9 Å². The van der Waals surface area contributed by atoms with Crippen molar-refractivity contribution in [2.24, 2.45) is 5.41 Å². The number of likely N-dealkylation sites (tertiary alicyclic amines) is 1. The van der Waals surface area contributed by atoms with Gasteiger partial charge in [-0.25, -0.2) is 4.79 Å². The zero-order valence-electron chi connectivity index (χ0n) is 24.0. The average molecular weight is 598 g/mol. The zero-order valence-corrected chi connectivity index (χ0v) is 25.6. The van der Waals surface area contributed by atoms with E-state index in [0.29, 0.717) is 33.4 Å². The smallest absolute Gasteiger partial charge is 0.393 e. The van der Waals surface area contributed by atoms with E-state index in [4.69, 9.17) is 20.9 Å². The van der Waals surface area contributed by atoms with Crippen LogP contribution in [0.5, 0.6) is 5.88 Å². The number of amides is 2. The van der Waals surface area contributed by atoms with E-state index in [1.807, 2.05) is 67.8 Å². The molecule has 0 atom stereocenters. The van der Waals surface area contributed by atoms with E-state index < -0.39 is 11.5 Å². The Morgan fingerprint density at radius 1 is 1.17 bits per heavy atom. The minimum atomic E-state index is -0.590. The number of fused-ring (bicyclic) bond motifs is 1. The van der Waals surface area contributed by atoms with E-state index in [0.717, 1.165) is 41.7 Å². The second-order valence-electron chi connectivity index (χ2n) is 11.7. The highest BCUT2D eigenvalue weighted by Crippen LogP contribution is 2.35. The van der Waals surface area contributed by atoms with Gasteiger partial charge in [0.05, 0.1) is 27.0 Å². The van der Waals surface area contributed by atoms with Crippen LogP contribution in [0.25, 0.3) is 21.5 Å². The van der Waals surface area contributed by atoms with Gasteiger partial charge in [0, 0.05) is 48.1 Å². The van der Waals surface area contributed by atoms with Crippen molar-refractivity contribution in [2.45, 2.75) is 66.1 Å². The number of thiophene rings is 1. The van der Waals surface area contributed by atoms with Crippen LogP contribution in [0.3, 0.4) is 0 Å². The molecule has 4 heterocycles. The number of halogens is 1. The van der Waals surface area contributed by atoms with Gasteiger partial charge in [0.2, 0.25) is 11.8 Å². The molecule has 9 nitrogen and oxygen atoms in total. The average Bonchev–Trinajstić information content (AvgIpc) is 3.63. The van der Waals surface area contributed by atoms with Crippen LogP contribution in [-0.4, -0.2) is 51.8 Å². The number of piperidine rings is 1. The molecule has 1 saturated heterocycles. The van der Waals surface area contributed by atoms with Gasteiger partial charge in [-0.15, -0.1) is 11.3 Å². The van der Waals surface area contributed by atoms with E-state index >= 15 is 0 Å². The number of carbonyl (C=O) groups is 2. The highest BCUT2D eigenvalue weighted by atomic mass is 35.5. The van der Waals surface area contributed by atoms with Gasteiger partial charge in [-0.3, -0.25) is 4.79 Å². The number of benzene rings is 1. The van der Waals surface area contributed by atoms with E-state index in [-0.39, 0.29) is 18.5 Å². The predicted octanol–water partition coefficient (Wildman–Crippen LogP) is 7.01. The van der Waals surface area contributed by atoms with Gasteiger partial charge in [0.15, 0.2) is 5.76 Å². The molecule has 0 unspecified atom stereocenters. The summed E-state index contributed by atoms with van der Waals surface area (Å²) >= 11 is 7.51. The lowest BCUT2D eigenvalue weighted by molar-refractivity contribution is -0.123. The van der Waals surface area contributed by atoms with Crippen LogP contribution in [0.4, 0.5) is 10.5 Å². The second kappa shape index (κ2) is 11.9. The molecule has 2 amide bonds. The summed E-state index contributed by atoms with van der Waals surface area (Å²) in [7, 11) is 0. The Bertz CT molecular complexity index is 1540. The quantitative estimate of drug-likeness (QED) is 0.238. The van der Waals surface area contributed by atoms with Gasteiger partial charge < -0.3 is 29.4 Å². The summed E-state index contributed by atoms with van der Waals surface area (Å²) < 4.78 is 14.0. The lowest BCUT2D eigenvalue weighted by Crippen LogP contribution is -2.47. The molecule has 0 aliphatic carbocycles. The minimum Gasteiger partial charge on any atom is -0.393 e. The van der Waals surface area contributed by atoms with Crippen LogP contribution in [-0.2, 0) is 11.3 Å². The third-order valence-electron chi connectivity index (χ3n) is 7.29. The number of carbonyl (C=O) groups excluding carboxylic acids is 2. The molecule has 0 spiro atoms. The first-order valence-electron chi connectivity index (χ1n) is 13.9. The van der Waals surface area contributed by atoms with Crippen LogP contribution < -0.4 is 15.4 Å². The number of ether oxygens (including phenoxy) is 1. The first-order valence-corrected chi connectivity index (χ1v) is 15.0. The first kappa shape index (κ1) is 29.2. The van der Waals surface area contributed by atoms with Crippen molar-refractivity contribution in [1.82, 2.24) is 19.9 Å². The Kier molecular flexibility index (Phi) is 8.45. The standard InChI is InChI=1S/C30H36ClN5O4S/c1-18(2)35-13-11-20(12-14-35)32-29(38)39-26-15-19-7-6-8-22(33-28(37)30(3,4)5)27(19)36(26)17-21-16-23(40-34-21)24-9-10-25(31)41-24/h6-10,15-16,18,20H,11-14,17H2,1-5H3,(H,32,38)(H,33,37). The largest absolute Gasteiger partial charge is 0.414 e. The lowest BCUT2D eigenvalue weighted by atomic mass is 9.95. The molecule has 1 aliphatic heterocycles. The number of nitrogens with zero attached hydrogens (tertiary/aromatic N) is 3. The number of rotatable bonds is 7. The van der Waals surface area contributed by atoms with Crippen molar-refractivity contribution < 1.29 is 18.8 Å². The highest BCUT2D eigenvalue weighted by molar-refractivity contribution is 7.19. The van der Waals surface area contributed by atoms with Gasteiger partial charge >= 0.3 is 6.09 Å². The maximum atomic E-state index is 13.1.